The molecule has 3 aromatic carbocycles. The van der Waals surface area contributed by atoms with Crippen molar-refractivity contribution in [3.05, 3.63) is 112 Å². The quantitative estimate of drug-likeness (QED) is 0.152. The monoisotopic (exact) mass is 690 g/mol. The molecule has 0 bridgehead atoms. The van der Waals surface area contributed by atoms with Crippen LogP contribution in [0.25, 0.3) is 22.6 Å². The summed E-state index contributed by atoms with van der Waals surface area (Å²) in [5, 5.41) is 9.13. The van der Waals surface area contributed by atoms with Gasteiger partial charge in [-0.25, -0.2) is 4.98 Å². The zero-order valence-electron chi connectivity index (χ0n) is 24.9. The van der Waals surface area contributed by atoms with Crippen LogP contribution in [0, 0.1) is 17.8 Å². The summed E-state index contributed by atoms with van der Waals surface area (Å²) in [5.74, 6) is -2.40. The molecule has 3 aliphatic carbocycles. The van der Waals surface area contributed by atoms with Crippen molar-refractivity contribution in [1.82, 2.24) is 4.98 Å². The number of allylic oxidation sites excluding steroid dienone is 6. The summed E-state index contributed by atoms with van der Waals surface area (Å²) in [6.45, 7) is 0.0221. The van der Waals surface area contributed by atoms with Crippen LogP contribution in [0.3, 0.4) is 0 Å². The molecular formula is C37H27BrN2O7. The van der Waals surface area contributed by atoms with Gasteiger partial charge in [-0.2, -0.15) is 0 Å². The van der Waals surface area contributed by atoms with Gasteiger partial charge in [0.2, 0.25) is 17.7 Å². The number of ketones is 2. The number of carbonyl (C=O) groups excluding carboxylic acids is 4. The van der Waals surface area contributed by atoms with Crippen LogP contribution in [-0.4, -0.2) is 46.7 Å². The van der Waals surface area contributed by atoms with Crippen LogP contribution >= 0.6 is 15.9 Å². The van der Waals surface area contributed by atoms with Gasteiger partial charge in [0.15, 0.2) is 17.1 Å². The molecule has 4 aromatic rings. The predicted molar refractivity (Wildman–Crippen MR) is 176 cm³/mol. The highest BCUT2D eigenvalue weighted by Gasteiger charge is 2.56. The number of aromatic nitrogens is 1. The van der Waals surface area contributed by atoms with E-state index in [1.165, 1.54) is 11.0 Å². The number of amides is 2. The second-order valence-electron chi connectivity index (χ2n) is 12.1. The average Bonchev–Trinajstić information content (AvgIpc) is 3.64. The van der Waals surface area contributed by atoms with E-state index in [1.807, 2.05) is 42.5 Å². The van der Waals surface area contributed by atoms with Gasteiger partial charge in [-0.15, -0.1) is 0 Å². The van der Waals surface area contributed by atoms with Gasteiger partial charge in [-0.3, -0.25) is 24.1 Å². The Morgan fingerprint density at radius 2 is 1.70 bits per heavy atom. The maximum Gasteiger partial charge on any atom is 0.238 e. The number of carbonyl (C=O) groups is 4. The molecule has 4 aliphatic rings. The van der Waals surface area contributed by atoms with E-state index in [2.05, 4.69) is 20.9 Å². The maximum atomic E-state index is 14.3. The molecule has 0 spiro atoms. The Kier molecular flexibility index (Phi) is 7.15. The first kappa shape index (κ1) is 29.5. The number of fused-ring (bicyclic) bond motifs is 4. The summed E-state index contributed by atoms with van der Waals surface area (Å²) in [5.41, 5.74) is 5.00. The fourth-order valence-corrected chi connectivity index (χ4v) is 7.96. The standard InChI is InChI=1S/C37H27BrN2O7/c38-27-18-29(42)33-26(34(27)43)17-25-23(31(33)19-7-11-22(12-8-19)46-16-15-41)13-14-24-32(25)37(45)40(36(24)44)21-9-5-20(6-10-21)35-39-28-3-1-2-4-30(28)47-35/h1-13,18,24-25,31-32,41H,14-17H2/t24-,25+,31-,32-/m0/s1. The molecule has 1 N–H and O–H groups in total. The molecular weight excluding hydrogens is 664 g/mol. The Balaban J connectivity index is 1.14. The fraction of sp³-hybridized carbons (Fsp3) is 0.216. The van der Waals surface area contributed by atoms with Gasteiger partial charge in [-0.05, 0) is 88.8 Å². The fourth-order valence-electron chi connectivity index (χ4n) is 7.51. The van der Waals surface area contributed by atoms with Gasteiger partial charge in [0, 0.05) is 28.7 Å². The van der Waals surface area contributed by atoms with E-state index in [-0.39, 0.29) is 47.5 Å². The first-order chi connectivity index (χ1) is 22.8. The lowest BCUT2D eigenvalue weighted by atomic mass is 9.59. The third-order valence-corrected chi connectivity index (χ3v) is 10.2. The number of imide groups is 1. The van der Waals surface area contributed by atoms with Crippen LogP contribution in [0.5, 0.6) is 5.75 Å². The van der Waals surface area contributed by atoms with E-state index in [0.29, 0.717) is 46.0 Å². The van der Waals surface area contributed by atoms with Crippen LogP contribution in [-0.2, 0) is 19.2 Å². The number of para-hydroxylation sites is 2. The summed E-state index contributed by atoms with van der Waals surface area (Å²) in [7, 11) is 0. The normalized spacial score (nSPS) is 23.8. The van der Waals surface area contributed by atoms with Gasteiger partial charge >= 0.3 is 0 Å². The van der Waals surface area contributed by atoms with Gasteiger partial charge in [0.05, 0.1) is 28.6 Å². The van der Waals surface area contributed by atoms with E-state index in [9.17, 15) is 19.2 Å². The molecule has 10 heteroatoms. The lowest BCUT2D eigenvalue weighted by molar-refractivity contribution is -0.123. The van der Waals surface area contributed by atoms with Crippen molar-refractivity contribution in [2.24, 2.45) is 17.8 Å². The number of halogens is 1. The first-order valence-electron chi connectivity index (χ1n) is 15.4. The maximum absolute atomic E-state index is 14.3. The predicted octanol–water partition coefficient (Wildman–Crippen LogP) is 5.83. The summed E-state index contributed by atoms with van der Waals surface area (Å²) >= 11 is 3.27. The highest BCUT2D eigenvalue weighted by Crippen LogP contribution is 2.55. The number of hydrogen-bond donors (Lipinski definition) is 1. The molecule has 2 heterocycles. The highest BCUT2D eigenvalue weighted by molar-refractivity contribution is 9.12. The van der Waals surface area contributed by atoms with Gasteiger partial charge < -0.3 is 14.3 Å². The minimum Gasteiger partial charge on any atom is -0.491 e. The number of aliphatic hydroxyl groups excluding tert-OH is 1. The second kappa shape index (κ2) is 11.4. The number of Topliss-reactive ketones (excluding diaryl/α,β-unsaturated/α-hetero) is 1. The Morgan fingerprint density at radius 3 is 2.45 bits per heavy atom. The van der Waals surface area contributed by atoms with Crippen molar-refractivity contribution in [3.63, 3.8) is 0 Å². The molecule has 1 aliphatic heterocycles. The molecule has 1 aromatic heterocycles. The van der Waals surface area contributed by atoms with Crippen molar-refractivity contribution in [3.8, 4) is 17.2 Å². The van der Waals surface area contributed by atoms with Crippen molar-refractivity contribution in [2.75, 3.05) is 18.1 Å². The second-order valence-corrected chi connectivity index (χ2v) is 12.9. The Hall–Kier alpha value is -4.93. The molecule has 234 valence electrons. The third kappa shape index (κ3) is 4.73. The van der Waals surface area contributed by atoms with E-state index in [1.54, 1.807) is 36.4 Å². The largest absolute Gasteiger partial charge is 0.491 e. The zero-order chi connectivity index (χ0) is 32.4. The number of ether oxygens (including phenoxy) is 1. The van der Waals surface area contributed by atoms with E-state index >= 15 is 0 Å². The molecule has 47 heavy (non-hydrogen) atoms. The average molecular weight is 692 g/mol. The third-order valence-electron chi connectivity index (χ3n) is 9.57. The molecule has 9 nitrogen and oxygen atoms in total. The number of aliphatic hydroxyl groups is 1. The number of benzene rings is 3. The molecule has 0 saturated carbocycles. The number of oxazole rings is 1. The highest BCUT2D eigenvalue weighted by atomic mass is 79.9. The Labute approximate surface area is 277 Å². The van der Waals surface area contributed by atoms with Crippen LogP contribution in [0.15, 0.2) is 111 Å². The molecule has 4 atom stereocenters. The van der Waals surface area contributed by atoms with Gasteiger partial charge in [0.25, 0.3) is 0 Å². The molecule has 2 amide bonds. The minimum atomic E-state index is -0.685. The smallest absolute Gasteiger partial charge is 0.238 e. The number of rotatable bonds is 6. The van der Waals surface area contributed by atoms with E-state index < -0.39 is 23.7 Å². The Bertz CT molecular complexity index is 2060. The van der Waals surface area contributed by atoms with Crippen molar-refractivity contribution < 1.29 is 33.4 Å². The SMILES string of the molecule is O=C1C=C(Br)C(=O)C2=C1[C@@H](c1ccc(OCCO)cc1)C1=CC[C@@H]3C(=O)N(c4ccc(-c5nc6ccccc6o5)cc4)C(=O)[C@@H]3[C@@H]1C2. The van der Waals surface area contributed by atoms with Crippen molar-refractivity contribution >= 4 is 56.1 Å². The number of anilines is 1. The van der Waals surface area contributed by atoms with E-state index in [0.717, 1.165) is 16.7 Å². The number of nitrogens with zero attached hydrogens (tertiary/aromatic N) is 2. The lowest BCUT2D eigenvalue weighted by Gasteiger charge is -2.42. The molecule has 1 fully saturated rings. The number of hydrogen-bond acceptors (Lipinski definition) is 8. The zero-order valence-corrected chi connectivity index (χ0v) is 26.5. The van der Waals surface area contributed by atoms with Gasteiger partial charge in [0.1, 0.15) is 17.9 Å². The van der Waals surface area contributed by atoms with Crippen LogP contribution in [0.4, 0.5) is 5.69 Å². The lowest BCUT2D eigenvalue weighted by Crippen LogP contribution is -2.39. The van der Waals surface area contributed by atoms with Crippen molar-refractivity contribution in [2.45, 2.75) is 18.8 Å². The molecule has 8 rings (SSSR count). The molecule has 0 unspecified atom stereocenters. The summed E-state index contributed by atoms with van der Waals surface area (Å²) < 4.78 is 11.6. The minimum absolute atomic E-state index is 0.123. The summed E-state index contributed by atoms with van der Waals surface area (Å²) in [6, 6.07) is 21.7. The molecule has 0 radical (unpaired) electrons. The molecule has 1 saturated heterocycles. The van der Waals surface area contributed by atoms with Crippen LogP contribution < -0.4 is 9.64 Å². The summed E-state index contributed by atoms with van der Waals surface area (Å²) in [6.07, 6.45) is 3.84. The van der Waals surface area contributed by atoms with Gasteiger partial charge in [-0.1, -0.05) is 35.9 Å². The Morgan fingerprint density at radius 1 is 0.936 bits per heavy atom. The summed E-state index contributed by atoms with van der Waals surface area (Å²) in [4.78, 5) is 60.9. The van der Waals surface area contributed by atoms with E-state index in [4.69, 9.17) is 14.3 Å². The first-order valence-corrected chi connectivity index (χ1v) is 16.2. The van der Waals surface area contributed by atoms with Crippen LogP contribution in [0.1, 0.15) is 24.3 Å². The van der Waals surface area contributed by atoms with Crippen LogP contribution in [0.2, 0.25) is 0 Å². The topological polar surface area (TPSA) is 127 Å². The van der Waals surface area contributed by atoms with Crippen molar-refractivity contribution in [1.29, 1.82) is 0 Å².